The van der Waals surface area contributed by atoms with E-state index in [4.69, 9.17) is 4.74 Å². The first kappa shape index (κ1) is 12.6. The van der Waals surface area contributed by atoms with Gasteiger partial charge in [0.15, 0.2) is 17.3 Å². The first-order chi connectivity index (χ1) is 7.60. The van der Waals surface area contributed by atoms with Crippen LogP contribution in [-0.4, -0.2) is 24.1 Å². The molecular weight excluding hydrogens is 211 g/mol. The van der Waals surface area contributed by atoms with Gasteiger partial charge in [-0.3, -0.25) is 4.79 Å². The normalized spacial score (nSPS) is 12.2. The predicted octanol–water partition coefficient (Wildman–Crippen LogP) is 1.72. The summed E-state index contributed by atoms with van der Waals surface area (Å²) < 4.78 is 18.4. The number of carbonyl (C=O) groups excluding carboxylic acids is 1. The second-order valence-corrected chi connectivity index (χ2v) is 3.50. The first-order valence-electron chi connectivity index (χ1n) is 5.12. The zero-order chi connectivity index (χ0) is 12.1. The van der Waals surface area contributed by atoms with Crippen LogP contribution in [0.25, 0.3) is 0 Å². The van der Waals surface area contributed by atoms with Gasteiger partial charge in [0.05, 0.1) is 7.11 Å². The van der Waals surface area contributed by atoms with Crippen LogP contribution in [0.4, 0.5) is 4.39 Å². The highest BCUT2D eigenvalue weighted by Gasteiger charge is 2.16. The van der Waals surface area contributed by atoms with Gasteiger partial charge in [-0.05, 0) is 18.1 Å². The zero-order valence-corrected chi connectivity index (χ0v) is 9.37. The van der Waals surface area contributed by atoms with Gasteiger partial charge < -0.3 is 9.84 Å². The molecule has 0 aliphatic carbocycles. The molecule has 0 spiro atoms. The number of methoxy groups -OCH3 is 1. The number of carbonyl (C=O) groups is 1. The van der Waals surface area contributed by atoms with Gasteiger partial charge in [-0.25, -0.2) is 4.39 Å². The highest BCUT2D eigenvalue weighted by atomic mass is 19.1. The minimum atomic E-state index is -1.02. The van der Waals surface area contributed by atoms with Crippen LogP contribution in [-0.2, 0) is 11.2 Å². The standard InChI is InChI=1S/C12H15FO3/c1-3-9(14)10(15)7-8-5-4-6-11(16-2)12(8)13/h4-6,9,14H,3,7H2,1-2H3. The maximum Gasteiger partial charge on any atom is 0.168 e. The number of benzene rings is 1. The van der Waals surface area contributed by atoms with Gasteiger partial charge >= 0.3 is 0 Å². The van der Waals surface area contributed by atoms with Crippen LogP contribution in [0.2, 0.25) is 0 Å². The molecule has 0 bridgehead atoms. The van der Waals surface area contributed by atoms with Crippen molar-refractivity contribution >= 4 is 5.78 Å². The summed E-state index contributed by atoms with van der Waals surface area (Å²) in [5.74, 6) is -0.812. The summed E-state index contributed by atoms with van der Waals surface area (Å²) in [7, 11) is 1.37. The van der Waals surface area contributed by atoms with Crippen molar-refractivity contribution in [3.63, 3.8) is 0 Å². The van der Waals surface area contributed by atoms with E-state index in [2.05, 4.69) is 0 Å². The van der Waals surface area contributed by atoms with E-state index in [0.717, 1.165) is 0 Å². The number of hydrogen-bond acceptors (Lipinski definition) is 3. The van der Waals surface area contributed by atoms with Crippen LogP contribution in [0.5, 0.6) is 5.75 Å². The van der Waals surface area contributed by atoms with Gasteiger partial charge in [0.1, 0.15) is 6.10 Å². The number of rotatable bonds is 5. The van der Waals surface area contributed by atoms with E-state index in [1.807, 2.05) is 0 Å². The summed E-state index contributed by atoms with van der Waals surface area (Å²) in [6, 6.07) is 4.61. The quantitative estimate of drug-likeness (QED) is 0.831. The molecule has 3 nitrogen and oxygen atoms in total. The predicted molar refractivity (Wildman–Crippen MR) is 58.0 cm³/mol. The summed E-state index contributed by atoms with van der Waals surface area (Å²) in [6.45, 7) is 1.70. The van der Waals surface area contributed by atoms with Crippen molar-refractivity contribution < 1.29 is 19.0 Å². The van der Waals surface area contributed by atoms with E-state index >= 15 is 0 Å². The van der Waals surface area contributed by atoms with Crippen LogP contribution in [0.3, 0.4) is 0 Å². The Kier molecular flexibility index (Phi) is 4.43. The minimum Gasteiger partial charge on any atom is -0.494 e. The molecule has 1 atom stereocenters. The smallest absolute Gasteiger partial charge is 0.168 e. The molecule has 0 saturated carbocycles. The molecule has 0 saturated heterocycles. The van der Waals surface area contributed by atoms with Crippen LogP contribution in [0.1, 0.15) is 18.9 Å². The average molecular weight is 226 g/mol. The van der Waals surface area contributed by atoms with Crippen LogP contribution >= 0.6 is 0 Å². The highest BCUT2D eigenvalue weighted by molar-refractivity contribution is 5.85. The molecule has 1 unspecified atom stereocenters. The summed E-state index contributed by atoms with van der Waals surface area (Å²) in [6.07, 6.45) is -0.798. The largest absolute Gasteiger partial charge is 0.494 e. The van der Waals surface area contributed by atoms with Crippen molar-refractivity contribution in [3.05, 3.63) is 29.6 Å². The molecule has 0 heterocycles. The molecule has 0 aliphatic rings. The molecule has 0 amide bonds. The molecular formula is C12H15FO3. The minimum absolute atomic E-state index is 0.108. The van der Waals surface area contributed by atoms with Gasteiger partial charge in [-0.2, -0.15) is 0 Å². The third-order valence-electron chi connectivity index (χ3n) is 2.39. The fourth-order valence-corrected chi connectivity index (χ4v) is 1.38. The van der Waals surface area contributed by atoms with Gasteiger partial charge in [0.2, 0.25) is 0 Å². The molecule has 16 heavy (non-hydrogen) atoms. The third-order valence-corrected chi connectivity index (χ3v) is 2.39. The van der Waals surface area contributed by atoms with E-state index in [1.165, 1.54) is 19.2 Å². The second kappa shape index (κ2) is 5.61. The number of ether oxygens (including phenoxy) is 1. The molecule has 1 aromatic carbocycles. The van der Waals surface area contributed by atoms with Gasteiger partial charge in [-0.15, -0.1) is 0 Å². The number of hydrogen-bond donors (Lipinski definition) is 1. The first-order valence-corrected chi connectivity index (χ1v) is 5.12. The molecule has 1 N–H and O–H groups in total. The maximum absolute atomic E-state index is 13.6. The van der Waals surface area contributed by atoms with Gasteiger partial charge in [0.25, 0.3) is 0 Å². The Labute approximate surface area is 93.9 Å². The number of aliphatic hydroxyl groups excluding tert-OH is 1. The summed E-state index contributed by atoms with van der Waals surface area (Å²) in [4.78, 5) is 11.4. The second-order valence-electron chi connectivity index (χ2n) is 3.50. The topological polar surface area (TPSA) is 46.5 Å². The third kappa shape index (κ3) is 2.79. The van der Waals surface area contributed by atoms with Gasteiger partial charge in [-0.1, -0.05) is 19.1 Å². The molecule has 0 aromatic heterocycles. The lowest BCUT2D eigenvalue weighted by atomic mass is 10.0. The number of aliphatic hydroxyl groups is 1. The maximum atomic E-state index is 13.6. The lowest BCUT2D eigenvalue weighted by Gasteiger charge is -2.09. The van der Waals surface area contributed by atoms with Crippen LogP contribution < -0.4 is 4.74 Å². The van der Waals surface area contributed by atoms with Crippen LogP contribution in [0, 0.1) is 5.82 Å². The average Bonchev–Trinajstić information content (AvgIpc) is 2.30. The lowest BCUT2D eigenvalue weighted by Crippen LogP contribution is -2.21. The summed E-state index contributed by atoms with van der Waals surface area (Å²) in [5, 5.41) is 9.30. The Morgan fingerprint density at radius 3 is 2.81 bits per heavy atom. The van der Waals surface area contributed by atoms with E-state index in [1.54, 1.807) is 13.0 Å². The Morgan fingerprint density at radius 1 is 1.56 bits per heavy atom. The molecule has 1 rings (SSSR count). The fourth-order valence-electron chi connectivity index (χ4n) is 1.38. The SMILES string of the molecule is CCC(O)C(=O)Cc1cccc(OC)c1F. The van der Waals surface area contributed by atoms with E-state index in [9.17, 15) is 14.3 Å². The van der Waals surface area contributed by atoms with Crippen molar-refractivity contribution in [2.75, 3.05) is 7.11 Å². The number of halogens is 1. The van der Waals surface area contributed by atoms with E-state index < -0.39 is 11.9 Å². The monoisotopic (exact) mass is 226 g/mol. The lowest BCUT2D eigenvalue weighted by molar-refractivity contribution is -0.126. The van der Waals surface area contributed by atoms with Crippen molar-refractivity contribution in [3.8, 4) is 5.75 Å². The zero-order valence-electron chi connectivity index (χ0n) is 9.37. The molecule has 1 aromatic rings. The van der Waals surface area contributed by atoms with E-state index in [0.29, 0.717) is 6.42 Å². The Morgan fingerprint density at radius 2 is 2.25 bits per heavy atom. The summed E-state index contributed by atoms with van der Waals surface area (Å²) in [5.41, 5.74) is 0.247. The van der Waals surface area contributed by atoms with Gasteiger partial charge in [0, 0.05) is 6.42 Å². The fraction of sp³-hybridized carbons (Fsp3) is 0.417. The Hall–Kier alpha value is -1.42. The number of Topliss-reactive ketones (excluding diaryl/α,β-unsaturated/α-hetero) is 1. The van der Waals surface area contributed by atoms with Crippen molar-refractivity contribution in [1.82, 2.24) is 0 Å². The number of ketones is 1. The highest BCUT2D eigenvalue weighted by Crippen LogP contribution is 2.20. The van der Waals surface area contributed by atoms with Crippen molar-refractivity contribution in [2.45, 2.75) is 25.9 Å². The van der Waals surface area contributed by atoms with Crippen molar-refractivity contribution in [2.24, 2.45) is 0 Å². The molecule has 4 heteroatoms. The van der Waals surface area contributed by atoms with E-state index in [-0.39, 0.29) is 23.5 Å². The molecule has 0 radical (unpaired) electrons. The van der Waals surface area contributed by atoms with Crippen LogP contribution in [0.15, 0.2) is 18.2 Å². The Bertz CT molecular complexity index is 377. The molecule has 88 valence electrons. The van der Waals surface area contributed by atoms with Crippen molar-refractivity contribution in [1.29, 1.82) is 0 Å². The Balaban J connectivity index is 2.85. The summed E-state index contributed by atoms with van der Waals surface area (Å²) >= 11 is 0. The molecule has 0 fully saturated rings. The molecule has 0 aliphatic heterocycles.